The van der Waals surface area contributed by atoms with Gasteiger partial charge in [-0.15, -0.1) is 0 Å². The van der Waals surface area contributed by atoms with Gasteiger partial charge in [-0.3, -0.25) is 0 Å². The largest absolute Gasteiger partial charge is 0.0764 e. The van der Waals surface area contributed by atoms with Crippen LogP contribution in [0.5, 0.6) is 0 Å². The third-order valence-corrected chi connectivity index (χ3v) is 6.49. The Labute approximate surface area is 135 Å². The van der Waals surface area contributed by atoms with Crippen molar-refractivity contribution in [1.82, 2.24) is 0 Å². The Morgan fingerprint density at radius 3 is 1.82 bits per heavy atom. The SMILES string of the molecule is CC[Si]C(C1C=Cc2ccccc21)C1C=Cc2ccccc21. The highest BCUT2D eigenvalue weighted by atomic mass is 28.2. The first kappa shape index (κ1) is 13.8. The molecule has 2 aromatic carbocycles. The van der Waals surface area contributed by atoms with Crippen LogP contribution in [0.2, 0.25) is 11.6 Å². The standard InChI is InChI=1S/C21H20Si/c1-2-22-21(19-13-11-15-7-3-5-9-17(15)19)20-14-12-16-8-4-6-10-18(16)20/h3-14,19-21H,2H2,1H3. The van der Waals surface area contributed by atoms with E-state index < -0.39 is 0 Å². The summed E-state index contributed by atoms with van der Waals surface area (Å²) < 4.78 is 0. The summed E-state index contributed by atoms with van der Waals surface area (Å²) in [6.45, 7) is 2.32. The molecule has 2 unspecified atom stereocenters. The summed E-state index contributed by atoms with van der Waals surface area (Å²) >= 11 is 0. The summed E-state index contributed by atoms with van der Waals surface area (Å²) in [4.78, 5) is 0. The number of benzene rings is 2. The summed E-state index contributed by atoms with van der Waals surface area (Å²) in [5.41, 5.74) is 6.55. The average molecular weight is 300 g/mol. The lowest BCUT2D eigenvalue weighted by Gasteiger charge is -2.29. The van der Waals surface area contributed by atoms with E-state index in [0.717, 1.165) is 9.52 Å². The molecule has 0 amide bonds. The number of hydrogen-bond acceptors (Lipinski definition) is 0. The Morgan fingerprint density at radius 1 is 0.818 bits per heavy atom. The maximum Gasteiger partial charge on any atom is 0.0434 e. The molecule has 0 heterocycles. The van der Waals surface area contributed by atoms with Gasteiger partial charge in [0.15, 0.2) is 0 Å². The fourth-order valence-electron chi connectivity index (χ4n) is 3.89. The average Bonchev–Trinajstić information content (AvgIpc) is 3.17. The molecule has 2 radical (unpaired) electrons. The maximum atomic E-state index is 2.44. The number of hydrogen-bond donors (Lipinski definition) is 0. The van der Waals surface area contributed by atoms with Gasteiger partial charge in [-0.25, -0.2) is 0 Å². The van der Waals surface area contributed by atoms with Crippen molar-refractivity contribution in [2.75, 3.05) is 0 Å². The highest BCUT2D eigenvalue weighted by Gasteiger charge is 2.33. The van der Waals surface area contributed by atoms with Crippen molar-refractivity contribution in [3.05, 3.63) is 82.9 Å². The van der Waals surface area contributed by atoms with Crippen LogP contribution in [0.3, 0.4) is 0 Å². The zero-order valence-corrected chi connectivity index (χ0v) is 13.9. The lowest BCUT2D eigenvalue weighted by atomic mass is 9.86. The third-order valence-electron chi connectivity index (χ3n) is 4.89. The number of rotatable bonds is 4. The van der Waals surface area contributed by atoms with Crippen LogP contribution in [0, 0.1) is 0 Å². The molecule has 2 atom stereocenters. The van der Waals surface area contributed by atoms with Gasteiger partial charge in [-0.1, -0.05) is 85.8 Å². The van der Waals surface area contributed by atoms with E-state index in [1.54, 1.807) is 0 Å². The van der Waals surface area contributed by atoms with Crippen LogP contribution in [-0.4, -0.2) is 9.52 Å². The van der Waals surface area contributed by atoms with Crippen molar-refractivity contribution >= 4 is 21.7 Å². The van der Waals surface area contributed by atoms with Gasteiger partial charge in [0.2, 0.25) is 0 Å². The van der Waals surface area contributed by atoms with Crippen molar-refractivity contribution in [2.45, 2.75) is 30.3 Å². The molecule has 22 heavy (non-hydrogen) atoms. The Hall–Kier alpha value is -1.86. The molecule has 0 spiro atoms. The topological polar surface area (TPSA) is 0 Å². The Kier molecular flexibility index (Phi) is 3.59. The maximum absolute atomic E-state index is 2.44. The van der Waals surface area contributed by atoms with Crippen LogP contribution in [0.15, 0.2) is 60.7 Å². The van der Waals surface area contributed by atoms with Crippen LogP contribution >= 0.6 is 0 Å². The first-order valence-corrected chi connectivity index (χ1v) is 9.44. The van der Waals surface area contributed by atoms with Crippen LogP contribution in [-0.2, 0) is 0 Å². The van der Waals surface area contributed by atoms with Crippen molar-refractivity contribution in [1.29, 1.82) is 0 Å². The lowest BCUT2D eigenvalue weighted by Crippen LogP contribution is -2.17. The fraction of sp³-hybridized carbons (Fsp3) is 0.238. The molecule has 4 rings (SSSR count). The van der Waals surface area contributed by atoms with Gasteiger partial charge in [-0.05, 0) is 27.8 Å². The smallest absolute Gasteiger partial charge is 0.0434 e. The molecule has 2 aromatic rings. The van der Waals surface area contributed by atoms with Crippen molar-refractivity contribution < 1.29 is 0 Å². The van der Waals surface area contributed by atoms with Gasteiger partial charge in [0, 0.05) is 21.4 Å². The quantitative estimate of drug-likeness (QED) is 0.650. The van der Waals surface area contributed by atoms with Gasteiger partial charge in [0.1, 0.15) is 0 Å². The zero-order valence-electron chi connectivity index (χ0n) is 12.9. The molecule has 0 nitrogen and oxygen atoms in total. The van der Waals surface area contributed by atoms with Gasteiger partial charge in [0.25, 0.3) is 0 Å². The van der Waals surface area contributed by atoms with Gasteiger partial charge in [0.05, 0.1) is 0 Å². The second kappa shape index (κ2) is 5.73. The molecule has 0 N–H and O–H groups in total. The van der Waals surface area contributed by atoms with E-state index in [1.165, 1.54) is 28.3 Å². The molecular weight excluding hydrogens is 280 g/mol. The fourth-order valence-corrected chi connectivity index (χ4v) is 5.45. The van der Waals surface area contributed by atoms with E-state index in [1.807, 2.05) is 0 Å². The van der Waals surface area contributed by atoms with Crippen LogP contribution in [0.25, 0.3) is 12.2 Å². The number of fused-ring (bicyclic) bond motifs is 2. The zero-order chi connectivity index (χ0) is 14.9. The summed E-state index contributed by atoms with van der Waals surface area (Å²) in [6.07, 6.45) is 9.51. The second-order valence-corrected chi connectivity index (χ2v) is 7.89. The van der Waals surface area contributed by atoms with Crippen molar-refractivity contribution in [3.63, 3.8) is 0 Å². The monoisotopic (exact) mass is 300 g/mol. The summed E-state index contributed by atoms with van der Waals surface area (Å²) in [5, 5.41) is 0. The normalized spacial score (nSPS) is 22.6. The van der Waals surface area contributed by atoms with Gasteiger partial charge < -0.3 is 0 Å². The van der Waals surface area contributed by atoms with E-state index in [-0.39, 0.29) is 0 Å². The minimum Gasteiger partial charge on any atom is -0.0764 e. The number of allylic oxidation sites excluding steroid dienone is 2. The first-order valence-electron chi connectivity index (χ1n) is 8.16. The van der Waals surface area contributed by atoms with Gasteiger partial charge in [-0.2, -0.15) is 0 Å². The molecule has 108 valence electrons. The Bertz CT molecular complexity index is 680. The molecule has 0 fully saturated rings. The van der Waals surface area contributed by atoms with Crippen LogP contribution in [0.1, 0.15) is 41.0 Å². The Morgan fingerprint density at radius 2 is 1.32 bits per heavy atom. The molecule has 0 bridgehead atoms. The molecule has 1 heteroatoms. The van der Waals surface area contributed by atoms with Crippen LogP contribution in [0.4, 0.5) is 0 Å². The predicted octanol–water partition coefficient (Wildman–Crippen LogP) is 5.54. The summed E-state index contributed by atoms with van der Waals surface area (Å²) in [7, 11) is 0.995. The summed E-state index contributed by atoms with van der Waals surface area (Å²) in [5.74, 6) is 1.13. The van der Waals surface area contributed by atoms with Crippen LogP contribution < -0.4 is 0 Å². The molecular formula is C21H20Si. The molecule has 0 aliphatic heterocycles. The molecule has 0 saturated heterocycles. The van der Waals surface area contributed by atoms with Crippen molar-refractivity contribution in [2.24, 2.45) is 0 Å². The minimum absolute atomic E-state index is 0.565. The Balaban J connectivity index is 1.72. The molecule has 0 saturated carbocycles. The van der Waals surface area contributed by atoms with Crippen molar-refractivity contribution in [3.8, 4) is 0 Å². The van der Waals surface area contributed by atoms with E-state index in [0.29, 0.717) is 17.4 Å². The third kappa shape index (κ3) is 2.21. The van der Waals surface area contributed by atoms with Gasteiger partial charge >= 0.3 is 0 Å². The molecule has 0 aromatic heterocycles. The first-order chi connectivity index (χ1) is 10.9. The lowest BCUT2D eigenvalue weighted by molar-refractivity contribution is 0.675. The second-order valence-electron chi connectivity index (χ2n) is 6.11. The minimum atomic E-state index is 0.565. The van der Waals surface area contributed by atoms with E-state index in [9.17, 15) is 0 Å². The van der Waals surface area contributed by atoms with E-state index >= 15 is 0 Å². The van der Waals surface area contributed by atoms with E-state index in [2.05, 4.69) is 79.8 Å². The highest BCUT2D eigenvalue weighted by Crippen LogP contribution is 2.49. The van der Waals surface area contributed by atoms with E-state index in [4.69, 9.17) is 0 Å². The predicted molar refractivity (Wildman–Crippen MR) is 96.4 cm³/mol. The summed E-state index contributed by atoms with van der Waals surface area (Å²) in [6, 6.07) is 19.1. The molecule has 2 aliphatic carbocycles. The highest BCUT2D eigenvalue weighted by molar-refractivity contribution is 6.38. The molecule has 2 aliphatic rings.